The van der Waals surface area contributed by atoms with Crippen LogP contribution in [-0.2, 0) is 25.9 Å². The monoisotopic (exact) mass is 364 g/mol. The zero-order chi connectivity index (χ0) is 16.9. The van der Waals surface area contributed by atoms with E-state index in [0.29, 0.717) is 16.9 Å². The average Bonchev–Trinajstić information content (AvgIpc) is 2.41. The second kappa shape index (κ2) is 8.22. The molecule has 1 rings (SSSR count). The molecule has 1 aliphatic rings. The van der Waals surface area contributed by atoms with Crippen LogP contribution in [0.2, 0.25) is 0 Å². The van der Waals surface area contributed by atoms with Crippen LogP contribution >= 0.6 is 11.6 Å². The van der Waals surface area contributed by atoms with E-state index in [1.54, 1.807) is 6.92 Å². The molecule has 0 spiro atoms. The van der Waals surface area contributed by atoms with Gasteiger partial charge >= 0.3 is 0 Å². The first-order valence-corrected chi connectivity index (χ1v) is 10.3. The first-order valence-electron chi connectivity index (χ1n) is 7.25. The predicted octanol–water partition coefficient (Wildman–Crippen LogP) is 2.98. The number of allylic oxidation sites excluding steroid dienone is 3. The van der Waals surface area contributed by atoms with Gasteiger partial charge in [0.2, 0.25) is 5.24 Å². The Morgan fingerprint density at radius 3 is 2.41 bits per heavy atom. The fraction of sp³-hybridized carbons (Fsp3) is 0.600. The van der Waals surface area contributed by atoms with E-state index in [2.05, 4.69) is 6.92 Å². The summed E-state index contributed by atoms with van der Waals surface area (Å²) < 4.78 is 35.6. The van der Waals surface area contributed by atoms with Crippen LogP contribution in [-0.4, -0.2) is 29.0 Å². The highest BCUT2D eigenvalue weighted by molar-refractivity contribution is 7.94. The second-order valence-corrected chi connectivity index (χ2v) is 8.40. The fourth-order valence-electron chi connectivity index (χ4n) is 2.53. The average molecular weight is 365 g/mol. The Balaban J connectivity index is 3.37. The number of hydrogen-bond donors (Lipinski definition) is 0. The molecule has 4 nitrogen and oxygen atoms in total. The van der Waals surface area contributed by atoms with E-state index in [4.69, 9.17) is 11.6 Å². The topological polar surface area (TPSA) is 68.3 Å². The Bertz CT molecular complexity index is 668. The highest BCUT2D eigenvalue weighted by atomic mass is 35.5. The maximum atomic E-state index is 12.0. The van der Waals surface area contributed by atoms with Crippen LogP contribution in [0.1, 0.15) is 46.0 Å². The van der Waals surface area contributed by atoms with Crippen LogP contribution in [0.5, 0.6) is 0 Å². The summed E-state index contributed by atoms with van der Waals surface area (Å²) in [5.41, 5.74) is 0.713. The third-order valence-electron chi connectivity index (χ3n) is 3.74. The quantitative estimate of drug-likeness (QED) is 0.395. The zero-order valence-corrected chi connectivity index (χ0v) is 15.4. The Morgan fingerprint density at radius 1 is 1.32 bits per heavy atom. The number of unbranched alkanes of at least 4 members (excludes halogenated alkanes) is 3. The molecule has 0 aromatic heterocycles. The predicted molar refractivity (Wildman–Crippen MR) is 91.9 cm³/mol. The van der Waals surface area contributed by atoms with E-state index in [-0.39, 0.29) is 21.7 Å². The van der Waals surface area contributed by atoms with Crippen molar-refractivity contribution < 1.29 is 17.4 Å². The van der Waals surface area contributed by atoms with Gasteiger partial charge in [0.15, 0.2) is 9.84 Å². The van der Waals surface area contributed by atoms with Crippen LogP contribution in [0.4, 0.5) is 0 Å². The van der Waals surface area contributed by atoms with Gasteiger partial charge in [-0.1, -0.05) is 33.1 Å². The van der Waals surface area contributed by atoms with Crippen molar-refractivity contribution in [3.05, 3.63) is 22.1 Å². The summed E-state index contributed by atoms with van der Waals surface area (Å²) in [6, 6.07) is 0. The molecule has 7 heteroatoms. The van der Waals surface area contributed by atoms with Gasteiger partial charge < -0.3 is 0 Å². The van der Waals surface area contributed by atoms with E-state index >= 15 is 0 Å². The Hall–Kier alpha value is -0.720. The Morgan fingerprint density at radius 2 is 1.95 bits per heavy atom. The van der Waals surface area contributed by atoms with E-state index in [9.17, 15) is 17.4 Å². The summed E-state index contributed by atoms with van der Waals surface area (Å²) in [4.78, 5) is 12.0. The molecule has 1 aliphatic carbocycles. The van der Waals surface area contributed by atoms with Crippen LogP contribution < -0.4 is 0 Å². The lowest BCUT2D eigenvalue weighted by Gasteiger charge is -2.24. The lowest BCUT2D eigenvalue weighted by atomic mass is 9.86. The molecule has 0 aromatic rings. The van der Waals surface area contributed by atoms with Crippen molar-refractivity contribution in [3.63, 3.8) is 0 Å². The minimum Gasteiger partial charge on any atom is -0.276 e. The van der Waals surface area contributed by atoms with Crippen molar-refractivity contribution in [1.82, 2.24) is 0 Å². The number of rotatable bonds is 7. The van der Waals surface area contributed by atoms with Gasteiger partial charge in [-0.3, -0.25) is 4.79 Å². The highest BCUT2D eigenvalue weighted by Gasteiger charge is 2.32. The number of sulfone groups is 1. The molecular weight excluding hydrogens is 344 g/mol. The van der Waals surface area contributed by atoms with Crippen molar-refractivity contribution >= 4 is 42.8 Å². The summed E-state index contributed by atoms with van der Waals surface area (Å²) in [6.07, 6.45) is 6.89. The second-order valence-electron chi connectivity index (χ2n) is 5.47. The molecule has 22 heavy (non-hydrogen) atoms. The van der Waals surface area contributed by atoms with Gasteiger partial charge in [0.25, 0.3) is 0 Å². The summed E-state index contributed by atoms with van der Waals surface area (Å²) in [6.45, 7) is 3.80. The van der Waals surface area contributed by atoms with Crippen molar-refractivity contribution in [3.8, 4) is 0 Å². The van der Waals surface area contributed by atoms with Crippen molar-refractivity contribution in [2.75, 3.05) is 6.26 Å². The van der Waals surface area contributed by atoms with E-state index < -0.39 is 21.0 Å². The normalized spacial score (nSPS) is 19.2. The Kier molecular flexibility index (Phi) is 7.22. The van der Waals surface area contributed by atoms with Crippen LogP contribution in [0.3, 0.4) is 0 Å². The molecule has 0 aromatic carbocycles. The van der Waals surface area contributed by atoms with Crippen molar-refractivity contribution in [2.24, 2.45) is 5.92 Å². The van der Waals surface area contributed by atoms with Gasteiger partial charge in [-0.2, -0.15) is 0 Å². The van der Waals surface area contributed by atoms with Gasteiger partial charge in [-0.05, 0) is 36.1 Å². The first kappa shape index (κ1) is 19.3. The minimum atomic E-state index is -3.53. The smallest absolute Gasteiger partial charge is 0.249 e. The summed E-state index contributed by atoms with van der Waals surface area (Å²) in [5, 5.41) is -0.717. The van der Waals surface area contributed by atoms with Gasteiger partial charge in [0.05, 0.1) is 21.0 Å². The minimum absolute atomic E-state index is 0.0597. The van der Waals surface area contributed by atoms with E-state index in [1.165, 1.54) is 6.08 Å². The van der Waals surface area contributed by atoms with Crippen LogP contribution in [0.25, 0.3) is 0 Å². The fourth-order valence-corrected chi connectivity index (χ4v) is 4.40. The summed E-state index contributed by atoms with van der Waals surface area (Å²) >= 11 is 5.79. The lowest BCUT2D eigenvalue weighted by molar-refractivity contribution is -0.108. The van der Waals surface area contributed by atoms with E-state index in [1.807, 2.05) is 0 Å². The standard InChI is InChI=1S/C15H21ClO4S2/c1-4-5-6-7-8-11-13(22(3,19)20)9-12(15(16)17)10(2)14(11)21-18/h9-10H,4-8H2,1-3H3. The molecule has 0 saturated heterocycles. The van der Waals surface area contributed by atoms with Gasteiger partial charge in [-0.25, -0.2) is 12.6 Å². The molecule has 0 amide bonds. The van der Waals surface area contributed by atoms with Crippen molar-refractivity contribution in [1.29, 1.82) is 0 Å². The van der Waals surface area contributed by atoms with Crippen LogP contribution in [0, 0.1) is 5.92 Å². The third kappa shape index (κ3) is 4.64. The maximum Gasteiger partial charge on any atom is 0.249 e. The molecular formula is C15H21ClO4S2. The van der Waals surface area contributed by atoms with Gasteiger partial charge in [0.1, 0.15) is 0 Å². The van der Waals surface area contributed by atoms with E-state index in [0.717, 1.165) is 31.9 Å². The largest absolute Gasteiger partial charge is 0.276 e. The highest BCUT2D eigenvalue weighted by Crippen LogP contribution is 2.33. The first-order chi connectivity index (χ1) is 10.2. The number of carbonyl (C=O) groups is 1. The number of hydrogen-bond acceptors (Lipinski definition) is 4. The van der Waals surface area contributed by atoms with Gasteiger partial charge in [-0.15, -0.1) is 0 Å². The molecule has 0 saturated carbocycles. The molecule has 124 valence electrons. The van der Waals surface area contributed by atoms with Crippen molar-refractivity contribution in [2.45, 2.75) is 46.0 Å². The molecule has 0 radical (unpaired) electrons. The van der Waals surface area contributed by atoms with Gasteiger partial charge in [0, 0.05) is 17.7 Å². The lowest BCUT2D eigenvalue weighted by Crippen LogP contribution is -2.26. The molecule has 0 heterocycles. The Labute approximate surface area is 140 Å². The maximum absolute atomic E-state index is 12.0. The number of halogens is 1. The molecule has 1 unspecified atom stereocenters. The zero-order valence-electron chi connectivity index (χ0n) is 13.0. The molecule has 0 aliphatic heterocycles. The van der Waals surface area contributed by atoms with Crippen LogP contribution in [0.15, 0.2) is 22.1 Å². The molecule has 0 fully saturated rings. The number of carbonyl (C=O) groups excluding carboxylic acids is 1. The SMILES string of the molecule is CCCCCCC1=C(S(C)(=O)=O)C=C(C(=O)Cl)C(C)C1=S=O. The summed E-state index contributed by atoms with van der Waals surface area (Å²) in [7, 11) is -3.53. The summed E-state index contributed by atoms with van der Waals surface area (Å²) in [5.74, 6) is -0.459. The molecule has 1 atom stereocenters. The molecule has 0 bridgehead atoms. The third-order valence-corrected chi connectivity index (χ3v) is 5.90. The molecule has 0 N–H and O–H groups in total.